The van der Waals surface area contributed by atoms with Crippen molar-refractivity contribution in [1.82, 2.24) is 4.90 Å². The molecule has 15 heavy (non-hydrogen) atoms. The number of aliphatic hydroxyl groups is 1. The van der Waals surface area contributed by atoms with E-state index in [1.807, 2.05) is 0 Å². The Hall–Kier alpha value is -0.640. The third kappa shape index (κ3) is 2.91. The Labute approximate surface area is 90.3 Å². The molecule has 0 bridgehead atoms. The van der Waals surface area contributed by atoms with E-state index in [4.69, 9.17) is 0 Å². The Morgan fingerprint density at radius 1 is 1.33 bits per heavy atom. The van der Waals surface area contributed by atoms with Gasteiger partial charge in [-0.15, -0.1) is 0 Å². The zero-order valence-corrected chi connectivity index (χ0v) is 9.66. The molecule has 1 rings (SSSR count). The van der Waals surface area contributed by atoms with Crippen molar-refractivity contribution >= 4 is 5.91 Å². The van der Waals surface area contributed by atoms with Crippen molar-refractivity contribution < 1.29 is 14.3 Å². The molecule has 3 nitrogen and oxygen atoms in total. The highest BCUT2D eigenvalue weighted by atomic mass is 19.1. The van der Waals surface area contributed by atoms with Crippen LogP contribution in [-0.4, -0.2) is 41.3 Å². The van der Waals surface area contributed by atoms with Crippen molar-refractivity contribution in [3.63, 3.8) is 0 Å². The summed E-state index contributed by atoms with van der Waals surface area (Å²) in [7, 11) is 0. The molecule has 1 heterocycles. The Kier molecular flexibility index (Phi) is 3.71. The highest BCUT2D eigenvalue weighted by molar-refractivity contribution is 5.81. The molecule has 2 unspecified atom stereocenters. The van der Waals surface area contributed by atoms with Crippen molar-refractivity contribution in [1.29, 1.82) is 0 Å². The van der Waals surface area contributed by atoms with Gasteiger partial charge in [0.05, 0.1) is 6.10 Å². The largest absolute Gasteiger partial charge is 0.389 e. The van der Waals surface area contributed by atoms with E-state index in [9.17, 15) is 14.3 Å². The summed E-state index contributed by atoms with van der Waals surface area (Å²) >= 11 is 0. The van der Waals surface area contributed by atoms with E-state index in [0.29, 0.717) is 13.1 Å². The third-order valence-electron chi connectivity index (χ3n) is 2.82. The van der Waals surface area contributed by atoms with E-state index in [-0.39, 0.29) is 0 Å². The van der Waals surface area contributed by atoms with Crippen LogP contribution in [0.4, 0.5) is 4.39 Å². The van der Waals surface area contributed by atoms with Gasteiger partial charge in [-0.1, -0.05) is 20.8 Å². The number of aliphatic hydroxyl groups excluding tert-OH is 1. The van der Waals surface area contributed by atoms with Crippen LogP contribution in [0.1, 0.15) is 33.6 Å². The van der Waals surface area contributed by atoms with Gasteiger partial charge in [0, 0.05) is 13.1 Å². The molecule has 1 N–H and O–H groups in total. The van der Waals surface area contributed by atoms with Crippen LogP contribution in [0.5, 0.6) is 0 Å². The van der Waals surface area contributed by atoms with Crippen molar-refractivity contribution in [3.8, 4) is 0 Å². The molecule has 1 saturated heterocycles. The van der Waals surface area contributed by atoms with Crippen molar-refractivity contribution in [2.75, 3.05) is 13.1 Å². The maximum Gasteiger partial charge on any atom is 0.259 e. The average Bonchev–Trinajstić information content (AvgIpc) is 2.65. The summed E-state index contributed by atoms with van der Waals surface area (Å²) in [4.78, 5) is 13.1. The van der Waals surface area contributed by atoms with Crippen LogP contribution in [0, 0.1) is 5.41 Å². The SMILES string of the molecule is CC(C)(C)C(O)C(F)C(=O)N1CCCC1. The standard InChI is InChI=1S/C11H20FNO2/c1-11(2,3)9(14)8(12)10(15)13-6-4-5-7-13/h8-9,14H,4-7H2,1-3H3. The first-order valence-corrected chi connectivity index (χ1v) is 5.45. The molecule has 1 amide bonds. The molecule has 0 saturated carbocycles. The molecule has 1 aliphatic rings. The number of carbonyl (C=O) groups excluding carboxylic acids is 1. The average molecular weight is 217 g/mol. The van der Waals surface area contributed by atoms with E-state index in [0.717, 1.165) is 12.8 Å². The predicted molar refractivity (Wildman–Crippen MR) is 56.2 cm³/mol. The first-order valence-electron chi connectivity index (χ1n) is 5.45. The van der Waals surface area contributed by atoms with Crippen LogP contribution < -0.4 is 0 Å². The minimum atomic E-state index is -1.79. The van der Waals surface area contributed by atoms with Crippen LogP contribution in [0.25, 0.3) is 0 Å². The molecule has 88 valence electrons. The van der Waals surface area contributed by atoms with E-state index < -0.39 is 23.6 Å². The van der Waals surface area contributed by atoms with Gasteiger partial charge in [-0.3, -0.25) is 4.79 Å². The number of halogens is 1. The van der Waals surface area contributed by atoms with Crippen molar-refractivity contribution in [3.05, 3.63) is 0 Å². The molecule has 0 aromatic heterocycles. The van der Waals surface area contributed by atoms with Gasteiger partial charge in [0.1, 0.15) is 0 Å². The van der Waals surface area contributed by atoms with Crippen LogP contribution in [-0.2, 0) is 4.79 Å². The fourth-order valence-corrected chi connectivity index (χ4v) is 1.69. The Morgan fingerprint density at radius 3 is 2.20 bits per heavy atom. The second-order valence-electron chi connectivity index (χ2n) is 5.25. The summed E-state index contributed by atoms with van der Waals surface area (Å²) in [5.74, 6) is -0.560. The Balaban J connectivity index is 2.59. The lowest BCUT2D eigenvalue weighted by atomic mass is 9.86. The molecule has 1 fully saturated rings. The van der Waals surface area contributed by atoms with Gasteiger partial charge < -0.3 is 10.0 Å². The van der Waals surface area contributed by atoms with Gasteiger partial charge in [-0.25, -0.2) is 4.39 Å². The van der Waals surface area contributed by atoms with Crippen LogP contribution >= 0.6 is 0 Å². The number of carbonyl (C=O) groups is 1. The molecule has 0 aliphatic carbocycles. The fourth-order valence-electron chi connectivity index (χ4n) is 1.69. The van der Waals surface area contributed by atoms with Crippen LogP contribution in [0.3, 0.4) is 0 Å². The molecular weight excluding hydrogens is 197 g/mol. The Bertz CT molecular complexity index is 231. The highest BCUT2D eigenvalue weighted by Gasteiger charge is 2.38. The van der Waals surface area contributed by atoms with Crippen molar-refractivity contribution in [2.24, 2.45) is 5.41 Å². The summed E-state index contributed by atoms with van der Waals surface area (Å²) in [5, 5.41) is 9.66. The summed E-state index contributed by atoms with van der Waals surface area (Å²) in [6.45, 7) is 6.41. The molecule has 0 spiro atoms. The lowest BCUT2D eigenvalue weighted by Crippen LogP contribution is -2.46. The maximum atomic E-state index is 13.7. The van der Waals surface area contributed by atoms with Crippen molar-refractivity contribution in [2.45, 2.75) is 45.9 Å². The monoisotopic (exact) mass is 217 g/mol. The summed E-state index contributed by atoms with van der Waals surface area (Å²) < 4.78 is 13.7. The van der Waals surface area contributed by atoms with E-state index in [1.165, 1.54) is 4.90 Å². The number of alkyl halides is 1. The predicted octanol–water partition coefficient (Wildman–Crippen LogP) is 1.35. The van der Waals surface area contributed by atoms with Gasteiger partial charge in [-0.2, -0.15) is 0 Å². The smallest absolute Gasteiger partial charge is 0.259 e. The molecule has 0 aromatic carbocycles. The fraction of sp³-hybridized carbons (Fsp3) is 0.909. The molecule has 2 atom stereocenters. The second-order valence-corrected chi connectivity index (χ2v) is 5.25. The lowest BCUT2D eigenvalue weighted by molar-refractivity contribution is -0.143. The first kappa shape index (κ1) is 12.4. The minimum Gasteiger partial charge on any atom is -0.389 e. The van der Waals surface area contributed by atoms with E-state index in [1.54, 1.807) is 20.8 Å². The zero-order chi connectivity index (χ0) is 11.6. The van der Waals surface area contributed by atoms with Gasteiger partial charge in [0.2, 0.25) is 6.17 Å². The summed E-state index contributed by atoms with van der Waals surface area (Å²) in [6.07, 6.45) is -1.15. The summed E-state index contributed by atoms with van der Waals surface area (Å²) in [6, 6.07) is 0. The second kappa shape index (κ2) is 4.47. The van der Waals surface area contributed by atoms with E-state index >= 15 is 0 Å². The Morgan fingerprint density at radius 2 is 1.80 bits per heavy atom. The van der Waals surface area contributed by atoms with Gasteiger partial charge in [0.25, 0.3) is 5.91 Å². The topological polar surface area (TPSA) is 40.5 Å². The number of amides is 1. The molecule has 0 aromatic rings. The maximum absolute atomic E-state index is 13.7. The van der Waals surface area contributed by atoms with Gasteiger partial charge >= 0.3 is 0 Å². The summed E-state index contributed by atoms with van der Waals surface area (Å²) in [5.41, 5.74) is -0.602. The van der Waals surface area contributed by atoms with Crippen LogP contribution in [0.2, 0.25) is 0 Å². The third-order valence-corrected chi connectivity index (χ3v) is 2.82. The minimum absolute atomic E-state index is 0.560. The van der Waals surface area contributed by atoms with E-state index in [2.05, 4.69) is 0 Å². The molecular formula is C11H20FNO2. The number of likely N-dealkylation sites (tertiary alicyclic amines) is 1. The quantitative estimate of drug-likeness (QED) is 0.758. The highest BCUT2D eigenvalue weighted by Crippen LogP contribution is 2.25. The number of hydrogen-bond donors (Lipinski definition) is 1. The normalized spacial score (nSPS) is 21.5. The van der Waals surface area contributed by atoms with Crippen LogP contribution in [0.15, 0.2) is 0 Å². The molecule has 4 heteroatoms. The lowest BCUT2D eigenvalue weighted by Gasteiger charge is -2.29. The first-order chi connectivity index (χ1) is 6.84. The number of nitrogens with zero attached hydrogens (tertiary/aromatic N) is 1. The van der Waals surface area contributed by atoms with Gasteiger partial charge in [0.15, 0.2) is 0 Å². The van der Waals surface area contributed by atoms with Gasteiger partial charge in [-0.05, 0) is 18.3 Å². The molecule has 0 radical (unpaired) electrons. The zero-order valence-electron chi connectivity index (χ0n) is 9.66. The number of hydrogen-bond acceptors (Lipinski definition) is 2. The molecule has 1 aliphatic heterocycles. The number of rotatable bonds is 2.